The average molecular weight is 230 g/mol. The zero-order valence-corrected chi connectivity index (χ0v) is 10.0. The molecule has 0 saturated heterocycles. The molecular weight excluding hydrogens is 212 g/mol. The Balaban J connectivity index is 2.13. The minimum absolute atomic E-state index is 0.0116. The molecule has 1 aromatic rings. The predicted octanol–water partition coefficient (Wildman–Crippen LogP) is 3.41. The Morgan fingerprint density at radius 3 is 2.47 bits per heavy atom. The lowest BCUT2D eigenvalue weighted by molar-refractivity contribution is -0.122. The molecule has 2 rings (SSSR count). The molecule has 2 heteroatoms. The van der Waals surface area contributed by atoms with Gasteiger partial charge in [-0.2, -0.15) is 0 Å². The van der Waals surface area contributed by atoms with Crippen LogP contribution in [0.15, 0.2) is 30.3 Å². The summed E-state index contributed by atoms with van der Waals surface area (Å²) in [6.07, 6.45) is 5.51. The number of Topliss-reactive ketones (excluding diaryl/α,β-unsaturated/α-hetero) is 2. The first-order valence-corrected chi connectivity index (χ1v) is 6.41. The number of ketones is 2. The van der Waals surface area contributed by atoms with Gasteiger partial charge in [0.25, 0.3) is 0 Å². The molecule has 1 fully saturated rings. The summed E-state index contributed by atoms with van der Waals surface area (Å²) in [5.74, 6) is -0.242. The van der Waals surface area contributed by atoms with Gasteiger partial charge in [0.2, 0.25) is 0 Å². The third-order valence-electron chi connectivity index (χ3n) is 3.43. The molecule has 0 bridgehead atoms. The smallest absolute Gasteiger partial charge is 0.173 e. The van der Waals surface area contributed by atoms with Crippen LogP contribution in [0.2, 0.25) is 0 Å². The van der Waals surface area contributed by atoms with E-state index in [9.17, 15) is 9.59 Å². The van der Waals surface area contributed by atoms with Crippen LogP contribution in [0.3, 0.4) is 0 Å². The van der Waals surface area contributed by atoms with E-state index in [0.717, 1.165) is 32.1 Å². The monoisotopic (exact) mass is 230 g/mol. The van der Waals surface area contributed by atoms with Crippen molar-refractivity contribution in [2.24, 2.45) is 5.92 Å². The van der Waals surface area contributed by atoms with Crippen LogP contribution in [-0.2, 0) is 4.79 Å². The summed E-state index contributed by atoms with van der Waals surface area (Å²) in [5.41, 5.74) is 0.673. The highest BCUT2D eigenvalue weighted by atomic mass is 16.1. The van der Waals surface area contributed by atoms with Crippen LogP contribution in [0.4, 0.5) is 0 Å². The lowest BCUT2D eigenvalue weighted by Crippen LogP contribution is -2.25. The minimum Gasteiger partial charge on any atom is -0.299 e. The third kappa shape index (κ3) is 3.02. The van der Waals surface area contributed by atoms with Gasteiger partial charge in [0, 0.05) is 12.0 Å². The van der Waals surface area contributed by atoms with Crippen molar-refractivity contribution in [3.63, 3.8) is 0 Å². The van der Waals surface area contributed by atoms with Gasteiger partial charge in [-0.15, -0.1) is 0 Å². The van der Waals surface area contributed by atoms with E-state index in [1.165, 1.54) is 0 Å². The number of benzene rings is 1. The highest BCUT2D eigenvalue weighted by Crippen LogP contribution is 2.23. The summed E-state index contributed by atoms with van der Waals surface area (Å²) in [7, 11) is 0. The van der Waals surface area contributed by atoms with Crippen LogP contribution in [0.25, 0.3) is 0 Å². The van der Waals surface area contributed by atoms with Crippen molar-refractivity contribution >= 4 is 11.6 Å². The molecule has 2 nitrogen and oxygen atoms in total. The Morgan fingerprint density at radius 2 is 1.71 bits per heavy atom. The molecular formula is C15H18O2. The first-order valence-electron chi connectivity index (χ1n) is 6.41. The summed E-state index contributed by atoms with van der Waals surface area (Å²) < 4.78 is 0. The Labute approximate surface area is 102 Å². The van der Waals surface area contributed by atoms with Crippen molar-refractivity contribution < 1.29 is 9.59 Å². The highest BCUT2D eigenvalue weighted by Gasteiger charge is 2.27. The normalized spacial score (nSPS) is 21.6. The van der Waals surface area contributed by atoms with Crippen LogP contribution in [0.1, 0.15) is 48.9 Å². The molecule has 1 saturated carbocycles. The molecule has 0 radical (unpaired) electrons. The highest BCUT2D eigenvalue weighted by molar-refractivity contribution is 6.10. The quantitative estimate of drug-likeness (QED) is 0.576. The fourth-order valence-electron chi connectivity index (χ4n) is 2.42. The zero-order valence-electron chi connectivity index (χ0n) is 10.0. The standard InChI is InChI=1S/C15H18O2/c16-14-11-7-2-1-6-10-13(14)15(17)12-8-4-3-5-9-12/h3-5,8-9,13H,1-2,6-7,10-11H2. The third-order valence-corrected chi connectivity index (χ3v) is 3.43. The molecule has 1 aliphatic carbocycles. The summed E-state index contributed by atoms with van der Waals surface area (Å²) in [6, 6.07) is 9.18. The second kappa shape index (κ2) is 5.76. The van der Waals surface area contributed by atoms with Crippen molar-refractivity contribution in [2.45, 2.75) is 38.5 Å². The Bertz CT molecular complexity index is 395. The van der Waals surface area contributed by atoms with E-state index in [1.807, 2.05) is 18.2 Å². The van der Waals surface area contributed by atoms with Crippen molar-refractivity contribution in [3.05, 3.63) is 35.9 Å². The lowest BCUT2D eigenvalue weighted by atomic mass is 9.85. The van der Waals surface area contributed by atoms with Crippen LogP contribution < -0.4 is 0 Å². The van der Waals surface area contributed by atoms with E-state index in [1.54, 1.807) is 12.1 Å². The number of hydrogen-bond donors (Lipinski definition) is 0. The van der Waals surface area contributed by atoms with Gasteiger partial charge in [-0.3, -0.25) is 9.59 Å². The van der Waals surface area contributed by atoms with Crippen molar-refractivity contribution in [3.8, 4) is 0 Å². The first kappa shape index (κ1) is 12.0. The average Bonchev–Trinajstić information content (AvgIpc) is 2.35. The molecule has 0 N–H and O–H groups in total. The second-order valence-electron chi connectivity index (χ2n) is 4.70. The van der Waals surface area contributed by atoms with Crippen LogP contribution in [-0.4, -0.2) is 11.6 Å². The van der Waals surface area contributed by atoms with Gasteiger partial charge in [-0.1, -0.05) is 49.6 Å². The molecule has 17 heavy (non-hydrogen) atoms. The fraction of sp³-hybridized carbons (Fsp3) is 0.467. The van der Waals surface area contributed by atoms with Crippen molar-refractivity contribution in [1.29, 1.82) is 0 Å². The first-order chi connectivity index (χ1) is 8.29. The van der Waals surface area contributed by atoms with Gasteiger partial charge in [-0.05, 0) is 12.8 Å². The van der Waals surface area contributed by atoms with E-state index in [0.29, 0.717) is 12.0 Å². The largest absolute Gasteiger partial charge is 0.299 e. The maximum atomic E-state index is 12.3. The van der Waals surface area contributed by atoms with E-state index >= 15 is 0 Å². The Hall–Kier alpha value is -1.44. The molecule has 1 aliphatic rings. The van der Waals surface area contributed by atoms with E-state index < -0.39 is 5.92 Å². The minimum atomic E-state index is -0.391. The predicted molar refractivity (Wildman–Crippen MR) is 67.0 cm³/mol. The Kier molecular flexibility index (Phi) is 4.08. The van der Waals surface area contributed by atoms with Gasteiger partial charge in [0.05, 0.1) is 5.92 Å². The number of carbonyl (C=O) groups is 2. The number of hydrogen-bond acceptors (Lipinski definition) is 2. The molecule has 1 unspecified atom stereocenters. The molecule has 1 aromatic carbocycles. The Morgan fingerprint density at radius 1 is 1.00 bits per heavy atom. The molecule has 0 spiro atoms. The van der Waals surface area contributed by atoms with Crippen LogP contribution in [0, 0.1) is 5.92 Å². The summed E-state index contributed by atoms with van der Waals surface area (Å²) in [5, 5.41) is 0. The van der Waals surface area contributed by atoms with Crippen LogP contribution in [0.5, 0.6) is 0 Å². The summed E-state index contributed by atoms with van der Waals surface area (Å²) in [4.78, 5) is 24.2. The number of rotatable bonds is 2. The topological polar surface area (TPSA) is 34.1 Å². The van der Waals surface area contributed by atoms with E-state index in [2.05, 4.69) is 0 Å². The van der Waals surface area contributed by atoms with E-state index in [-0.39, 0.29) is 11.6 Å². The van der Waals surface area contributed by atoms with Crippen LogP contribution >= 0.6 is 0 Å². The second-order valence-corrected chi connectivity index (χ2v) is 4.70. The molecule has 0 aliphatic heterocycles. The zero-order chi connectivity index (χ0) is 12.1. The van der Waals surface area contributed by atoms with Crippen molar-refractivity contribution in [1.82, 2.24) is 0 Å². The molecule has 0 heterocycles. The van der Waals surface area contributed by atoms with Gasteiger partial charge in [0.15, 0.2) is 5.78 Å². The molecule has 90 valence electrons. The summed E-state index contributed by atoms with van der Waals surface area (Å²) in [6.45, 7) is 0. The van der Waals surface area contributed by atoms with Gasteiger partial charge in [-0.25, -0.2) is 0 Å². The maximum Gasteiger partial charge on any atom is 0.173 e. The van der Waals surface area contributed by atoms with Crippen molar-refractivity contribution in [2.75, 3.05) is 0 Å². The summed E-state index contributed by atoms with van der Waals surface area (Å²) >= 11 is 0. The SMILES string of the molecule is O=C1CCCCCCC1C(=O)c1ccccc1. The van der Waals surface area contributed by atoms with Gasteiger partial charge < -0.3 is 0 Å². The fourth-order valence-corrected chi connectivity index (χ4v) is 2.42. The lowest BCUT2D eigenvalue weighted by Gasteiger charge is -2.17. The molecule has 0 aromatic heterocycles. The van der Waals surface area contributed by atoms with Gasteiger partial charge in [0.1, 0.15) is 5.78 Å². The maximum absolute atomic E-state index is 12.3. The van der Waals surface area contributed by atoms with Gasteiger partial charge >= 0.3 is 0 Å². The molecule has 1 atom stereocenters. The van der Waals surface area contributed by atoms with E-state index in [4.69, 9.17) is 0 Å². The number of carbonyl (C=O) groups excluding carboxylic acids is 2. The molecule has 0 amide bonds.